The van der Waals surface area contributed by atoms with Gasteiger partial charge < -0.3 is 30.1 Å². The van der Waals surface area contributed by atoms with Crippen molar-refractivity contribution in [3.05, 3.63) is 88.7 Å². The summed E-state index contributed by atoms with van der Waals surface area (Å²) in [6.45, 7) is 12.3. The summed E-state index contributed by atoms with van der Waals surface area (Å²) >= 11 is 0. The molecule has 0 saturated heterocycles. The van der Waals surface area contributed by atoms with Crippen LogP contribution in [0.3, 0.4) is 0 Å². The molecule has 8 heteroatoms. The molecule has 0 spiro atoms. The molecule has 5 heterocycles. The van der Waals surface area contributed by atoms with Crippen molar-refractivity contribution in [2.45, 2.75) is 67.2 Å². The molecule has 4 aromatic heterocycles. The fourth-order valence-electron chi connectivity index (χ4n) is 6.03. The molecule has 6 N–H and O–H groups in total. The highest BCUT2D eigenvalue weighted by atomic mass is 16.4. The minimum Gasteiger partial charge on any atom is -0.481 e. The van der Waals surface area contributed by atoms with E-state index in [1.54, 1.807) is 0 Å². The van der Waals surface area contributed by atoms with Gasteiger partial charge in [0.15, 0.2) is 0 Å². The van der Waals surface area contributed by atoms with E-state index < -0.39 is 11.9 Å². The number of carboxylic acid groups (broad SMARTS) is 2. The summed E-state index contributed by atoms with van der Waals surface area (Å²) in [6.07, 6.45) is 9.55. The van der Waals surface area contributed by atoms with Crippen LogP contribution in [0.4, 0.5) is 0 Å². The van der Waals surface area contributed by atoms with Gasteiger partial charge in [-0.2, -0.15) is 0 Å². The van der Waals surface area contributed by atoms with Crippen LogP contribution in [0.2, 0.25) is 0 Å². The van der Waals surface area contributed by atoms with Gasteiger partial charge in [-0.05, 0) is 109 Å². The number of aromatic amines is 4. The van der Waals surface area contributed by atoms with Crippen LogP contribution in [0.25, 0.3) is 24.3 Å². The summed E-state index contributed by atoms with van der Waals surface area (Å²) in [7, 11) is 0. The minimum atomic E-state index is -0.877. The molecule has 208 valence electrons. The largest absolute Gasteiger partial charge is 0.481 e. The van der Waals surface area contributed by atoms with Crippen molar-refractivity contribution in [1.82, 2.24) is 19.9 Å². The second-order valence-electron chi connectivity index (χ2n) is 10.6. The molecule has 0 atom stereocenters. The molecule has 4 aromatic rings. The van der Waals surface area contributed by atoms with Gasteiger partial charge in [-0.3, -0.25) is 9.59 Å². The maximum absolute atomic E-state index is 11.8. The highest BCUT2D eigenvalue weighted by molar-refractivity contribution is 5.76. The van der Waals surface area contributed by atoms with Gasteiger partial charge in [-0.1, -0.05) is 13.8 Å². The highest BCUT2D eigenvalue weighted by Gasteiger charge is 2.18. The van der Waals surface area contributed by atoms with Crippen LogP contribution in [0.1, 0.15) is 81.1 Å². The van der Waals surface area contributed by atoms with Crippen LogP contribution in [-0.4, -0.2) is 42.1 Å². The summed E-state index contributed by atoms with van der Waals surface area (Å²) in [5.41, 5.74) is 11.1. The average molecular weight is 541 g/mol. The number of hydrogen-bond acceptors (Lipinski definition) is 2. The second-order valence-corrected chi connectivity index (χ2v) is 10.6. The summed E-state index contributed by atoms with van der Waals surface area (Å²) < 4.78 is 0. The summed E-state index contributed by atoms with van der Waals surface area (Å²) in [4.78, 5) is 37.8. The monoisotopic (exact) mass is 540 g/mol. The fraction of sp³-hybridized carbons (Fsp3) is 0.312. The van der Waals surface area contributed by atoms with Crippen molar-refractivity contribution in [1.29, 1.82) is 0 Å². The maximum atomic E-state index is 11.8. The Balaban J connectivity index is 1.95. The molecule has 0 radical (unpaired) electrons. The Kier molecular flexibility index (Phi) is 6.96. The molecule has 0 fully saturated rings. The van der Waals surface area contributed by atoms with Crippen molar-refractivity contribution in [2.24, 2.45) is 0 Å². The van der Waals surface area contributed by atoms with Gasteiger partial charge in [-0.25, -0.2) is 0 Å². The maximum Gasteiger partial charge on any atom is 0.307 e. The van der Waals surface area contributed by atoms with E-state index in [1.807, 2.05) is 26.0 Å². The second kappa shape index (κ2) is 10.3. The van der Waals surface area contributed by atoms with Crippen LogP contribution in [0, 0.1) is 27.7 Å². The lowest BCUT2D eigenvalue weighted by atomic mass is 10.0. The molecule has 0 unspecified atom stereocenters. The van der Waals surface area contributed by atoms with Crippen LogP contribution in [0.5, 0.6) is 0 Å². The molecule has 0 saturated carbocycles. The predicted octanol–water partition coefficient (Wildman–Crippen LogP) is 2.24. The molecule has 5 rings (SSSR count). The van der Waals surface area contributed by atoms with E-state index in [2.05, 4.69) is 59.8 Å². The number of nitrogens with one attached hydrogen (secondary N) is 4. The third-order valence-electron chi connectivity index (χ3n) is 8.32. The summed E-state index contributed by atoms with van der Waals surface area (Å²) in [5.74, 6) is -1.75. The van der Waals surface area contributed by atoms with Gasteiger partial charge in [0.2, 0.25) is 0 Å². The summed E-state index contributed by atoms with van der Waals surface area (Å²) in [5, 5.41) is 23.1. The van der Waals surface area contributed by atoms with E-state index in [0.717, 1.165) is 102 Å². The first-order valence-corrected chi connectivity index (χ1v) is 13.7. The standard InChI is InChI=1S/C32H36N4O4/c1-7-19-15(3)23-13-29-22(10-32(39)40)18(6)26(36-29)12-28-20(8-2)16(4)24(34-28)14-30-21(9-31(37)38)17(5)25(35-30)11-27(19)33-23/h11-14,33-36H,7-10H2,1-6H3,(H,37,38)(H,39,40). The number of carbonyl (C=O) groups is 2. The van der Waals surface area contributed by atoms with Gasteiger partial charge in [0.25, 0.3) is 0 Å². The van der Waals surface area contributed by atoms with E-state index in [9.17, 15) is 19.8 Å². The number of aromatic nitrogens is 4. The summed E-state index contributed by atoms with van der Waals surface area (Å²) in [6, 6.07) is 0. The molecule has 40 heavy (non-hydrogen) atoms. The van der Waals surface area contributed by atoms with Gasteiger partial charge in [-0.15, -0.1) is 0 Å². The average Bonchev–Trinajstić information content (AvgIpc) is 3.54. The number of H-pyrrole nitrogens is 4. The van der Waals surface area contributed by atoms with Gasteiger partial charge in [0, 0.05) is 44.2 Å². The molecule has 0 aliphatic carbocycles. The van der Waals surface area contributed by atoms with E-state index >= 15 is 0 Å². The smallest absolute Gasteiger partial charge is 0.307 e. The Morgan fingerprint density at radius 1 is 0.525 bits per heavy atom. The number of fused-ring (bicyclic) bond motifs is 8. The van der Waals surface area contributed by atoms with E-state index in [1.165, 1.54) is 0 Å². The first-order chi connectivity index (χ1) is 19.0. The van der Waals surface area contributed by atoms with E-state index in [-0.39, 0.29) is 12.8 Å². The van der Waals surface area contributed by atoms with Crippen molar-refractivity contribution >= 4 is 36.2 Å². The Bertz CT molecular complexity index is 1780. The molecule has 8 nitrogen and oxygen atoms in total. The lowest BCUT2D eigenvalue weighted by molar-refractivity contribution is -0.137. The molecule has 8 bridgehead atoms. The Labute approximate surface area is 231 Å². The van der Waals surface area contributed by atoms with Crippen LogP contribution in [-0.2, 0) is 35.3 Å². The van der Waals surface area contributed by atoms with Crippen LogP contribution < -0.4 is 21.4 Å². The first-order valence-electron chi connectivity index (χ1n) is 13.7. The molecule has 0 amide bonds. The molecule has 1 aliphatic heterocycles. The van der Waals surface area contributed by atoms with Crippen molar-refractivity contribution in [2.75, 3.05) is 0 Å². The van der Waals surface area contributed by atoms with Gasteiger partial charge >= 0.3 is 11.9 Å². The minimum absolute atomic E-state index is 0.0820. The molecule has 0 aromatic carbocycles. The zero-order valence-corrected chi connectivity index (χ0v) is 23.8. The van der Waals surface area contributed by atoms with Gasteiger partial charge in [0.1, 0.15) is 0 Å². The molecular weight excluding hydrogens is 504 g/mol. The third kappa shape index (κ3) is 4.63. The third-order valence-corrected chi connectivity index (χ3v) is 8.32. The van der Waals surface area contributed by atoms with Crippen molar-refractivity contribution in [3.8, 4) is 0 Å². The zero-order valence-electron chi connectivity index (χ0n) is 23.8. The highest BCUT2D eigenvalue weighted by Crippen LogP contribution is 2.23. The Hall–Kier alpha value is -4.46. The number of aliphatic carboxylic acids is 2. The Morgan fingerprint density at radius 3 is 1.20 bits per heavy atom. The van der Waals surface area contributed by atoms with Crippen LogP contribution in [0.15, 0.2) is 0 Å². The van der Waals surface area contributed by atoms with Crippen LogP contribution >= 0.6 is 0 Å². The normalized spacial score (nSPS) is 12.3. The number of rotatable bonds is 6. The first kappa shape index (κ1) is 27.1. The Morgan fingerprint density at radius 2 is 0.875 bits per heavy atom. The zero-order chi connectivity index (χ0) is 28.9. The van der Waals surface area contributed by atoms with Crippen molar-refractivity contribution < 1.29 is 19.8 Å². The number of hydrogen-bond donors (Lipinski definition) is 6. The fourth-order valence-corrected chi connectivity index (χ4v) is 6.03. The molecular formula is C32H36N4O4. The van der Waals surface area contributed by atoms with E-state index in [4.69, 9.17) is 0 Å². The van der Waals surface area contributed by atoms with Gasteiger partial charge in [0.05, 0.1) is 12.8 Å². The topological polar surface area (TPSA) is 138 Å². The number of carboxylic acids is 2. The molecule has 1 aliphatic rings. The SMILES string of the molecule is CCc1c(C)c2[nH]c1=Cc1[nH]c(c(CC(=O)O)c1C)C=c1[nH]c(c(CC)c1C)=Cc1[nH]c(c(CC(=O)O)c1C)C=2. The predicted molar refractivity (Wildman–Crippen MR) is 156 cm³/mol. The van der Waals surface area contributed by atoms with E-state index in [0.29, 0.717) is 0 Å². The quantitative estimate of drug-likeness (QED) is 0.197. The lowest BCUT2D eigenvalue weighted by Gasteiger charge is -1.99. The van der Waals surface area contributed by atoms with Crippen molar-refractivity contribution in [3.63, 3.8) is 0 Å². The lowest BCUT2D eigenvalue weighted by Crippen LogP contribution is -2.13.